The topological polar surface area (TPSA) is 85.2 Å². The summed E-state index contributed by atoms with van der Waals surface area (Å²) in [4.78, 5) is 19.6. The summed E-state index contributed by atoms with van der Waals surface area (Å²) >= 11 is 6.10. The molecule has 3 aromatic rings. The van der Waals surface area contributed by atoms with Gasteiger partial charge in [-0.3, -0.25) is 4.79 Å². The average Bonchev–Trinajstić information content (AvgIpc) is 3.27. The van der Waals surface area contributed by atoms with E-state index in [2.05, 4.69) is 10.1 Å². The highest BCUT2D eigenvalue weighted by Crippen LogP contribution is 2.30. The number of rotatable bonds is 3. The number of hydrogen-bond donors (Lipinski definition) is 1. The second kappa shape index (κ2) is 6.70. The summed E-state index contributed by atoms with van der Waals surface area (Å²) in [5, 5.41) is 5.27. The second-order valence-corrected chi connectivity index (χ2v) is 7.09. The predicted octanol–water partition coefficient (Wildman–Crippen LogP) is 3.27. The maximum Gasteiger partial charge on any atom is 0.259 e. The van der Waals surface area contributed by atoms with Crippen LogP contribution in [-0.2, 0) is 0 Å². The van der Waals surface area contributed by atoms with Crippen LogP contribution < -0.4 is 5.73 Å². The molecule has 0 radical (unpaired) electrons. The molecule has 0 saturated carbocycles. The first-order valence-electron chi connectivity index (χ1n) is 8.59. The van der Waals surface area contributed by atoms with E-state index in [9.17, 15) is 4.79 Å². The molecule has 1 aliphatic heterocycles. The summed E-state index contributed by atoms with van der Waals surface area (Å²) in [6, 6.07) is 9.16. The van der Waals surface area contributed by atoms with Crippen LogP contribution in [0.5, 0.6) is 0 Å². The van der Waals surface area contributed by atoms with E-state index < -0.39 is 0 Å². The highest BCUT2D eigenvalue weighted by Gasteiger charge is 2.29. The van der Waals surface area contributed by atoms with E-state index in [1.165, 1.54) is 0 Å². The fraction of sp³-hybridized carbons (Fsp3) is 0.316. The number of fused-ring (bicyclic) bond motifs is 1. The highest BCUT2D eigenvalue weighted by molar-refractivity contribution is 6.30. The molecule has 2 aromatic heterocycles. The third-order valence-corrected chi connectivity index (χ3v) is 5.11. The van der Waals surface area contributed by atoms with Crippen LogP contribution >= 0.6 is 11.6 Å². The van der Waals surface area contributed by atoms with Crippen molar-refractivity contribution in [3.8, 4) is 11.3 Å². The van der Waals surface area contributed by atoms with Gasteiger partial charge in [-0.25, -0.2) is 4.98 Å². The number of nitrogens with two attached hydrogens (primary N) is 1. The van der Waals surface area contributed by atoms with Crippen molar-refractivity contribution in [3.05, 3.63) is 46.6 Å². The predicted molar refractivity (Wildman–Crippen MR) is 100 cm³/mol. The molecular formula is C19H19ClN4O2. The SMILES string of the molecule is Cc1noc2nc(-c3cccc(Cl)c3)cc(C(=O)N3CCC(CN)C3)c12. The Labute approximate surface area is 155 Å². The molecule has 7 heteroatoms. The molecule has 0 spiro atoms. The Kier molecular flexibility index (Phi) is 4.38. The lowest BCUT2D eigenvalue weighted by Gasteiger charge is -2.17. The number of likely N-dealkylation sites (tertiary alicyclic amines) is 1. The molecule has 134 valence electrons. The van der Waals surface area contributed by atoms with Gasteiger partial charge in [-0.2, -0.15) is 0 Å². The highest BCUT2D eigenvalue weighted by atomic mass is 35.5. The van der Waals surface area contributed by atoms with E-state index in [1.54, 1.807) is 12.1 Å². The Hall–Kier alpha value is -2.44. The van der Waals surface area contributed by atoms with Crippen molar-refractivity contribution in [1.29, 1.82) is 0 Å². The minimum absolute atomic E-state index is 0.0390. The molecule has 1 saturated heterocycles. The number of nitrogens with zero attached hydrogens (tertiary/aromatic N) is 3. The lowest BCUT2D eigenvalue weighted by atomic mass is 10.0. The van der Waals surface area contributed by atoms with Gasteiger partial charge in [0.1, 0.15) is 0 Å². The summed E-state index contributed by atoms with van der Waals surface area (Å²) in [5.74, 6) is 0.315. The van der Waals surface area contributed by atoms with Crippen LogP contribution in [0.25, 0.3) is 22.4 Å². The first-order chi connectivity index (χ1) is 12.6. The standard InChI is InChI=1S/C19H19ClN4O2/c1-11-17-15(19(25)24-6-5-12(9-21)10-24)8-16(22-18(17)26-23-11)13-3-2-4-14(20)7-13/h2-4,7-8,12H,5-6,9-10,21H2,1H3. The van der Waals surface area contributed by atoms with Crippen molar-refractivity contribution < 1.29 is 9.32 Å². The van der Waals surface area contributed by atoms with E-state index in [-0.39, 0.29) is 5.91 Å². The zero-order valence-electron chi connectivity index (χ0n) is 14.4. The van der Waals surface area contributed by atoms with E-state index in [4.69, 9.17) is 21.9 Å². The van der Waals surface area contributed by atoms with E-state index >= 15 is 0 Å². The maximum absolute atomic E-state index is 13.2. The number of amides is 1. The molecular weight excluding hydrogens is 352 g/mol. The summed E-state index contributed by atoms with van der Waals surface area (Å²) < 4.78 is 5.35. The van der Waals surface area contributed by atoms with Crippen molar-refractivity contribution in [2.45, 2.75) is 13.3 Å². The molecule has 26 heavy (non-hydrogen) atoms. The number of aromatic nitrogens is 2. The first-order valence-corrected chi connectivity index (χ1v) is 8.97. The fourth-order valence-corrected chi connectivity index (χ4v) is 3.63. The second-order valence-electron chi connectivity index (χ2n) is 6.66. The Morgan fingerprint density at radius 2 is 2.27 bits per heavy atom. The molecule has 0 bridgehead atoms. The fourth-order valence-electron chi connectivity index (χ4n) is 3.44. The van der Waals surface area contributed by atoms with Crippen molar-refractivity contribution in [1.82, 2.24) is 15.0 Å². The smallest absolute Gasteiger partial charge is 0.259 e. The number of aryl methyl sites for hydroxylation is 1. The lowest BCUT2D eigenvalue weighted by Crippen LogP contribution is -2.30. The maximum atomic E-state index is 13.2. The van der Waals surface area contributed by atoms with Crippen molar-refractivity contribution in [3.63, 3.8) is 0 Å². The molecule has 1 unspecified atom stereocenters. The molecule has 6 nitrogen and oxygen atoms in total. The Morgan fingerprint density at radius 3 is 3.00 bits per heavy atom. The van der Waals surface area contributed by atoms with Crippen LogP contribution in [0.3, 0.4) is 0 Å². The van der Waals surface area contributed by atoms with Gasteiger partial charge in [-0.15, -0.1) is 0 Å². The normalized spacial score (nSPS) is 17.2. The Morgan fingerprint density at radius 1 is 1.42 bits per heavy atom. The molecule has 4 rings (SSSR count). The van der Waals surface area contributed by atoms with Crippen LogP contribution in [0.2, 0.25) is 5.02 Å². The van der Waals surface area contributed by atoms with E-state index in [1.807, 2.05) is 30.0 Å². The number of carbonyl (C=O) groups is 1. The molecule has 1 fully saturated rings. The van der Waals surface area contributed by atoms with Crippen molar-refractivity contribution in [2.75, 3.05) is 19.6 Å². The van der Waals surface area contributed by atoms with Crippen LogP contribution in [0.15, 0.2) is 34.9 Å². The number of carbonyl (C=O) groups excluding carboxylic acids is 1. The molecule has 1 amide bonds. The van der Waals surface area contributed by atoms with E-state index in [0.717, 1.165) is 12.0 Å². The summed E-state index contributed by atoms with van der Waals surface area (Å²) in [7, 11) is 0. The minimum atomic E-state index is -0.0390. The van der Waals surface area contributed by atoms with Gasteiger partial charge in [0, 0.05) is 23.7 Å². The van der Waals surface area contributed by atoms with Crippen LogP contribution in [-0.4, -0.2) is 40.6 Å². The molecule has 2 N–H and O–H groups in total. The van der Waals surface area contributed by atoms with Crippen molar-refractivity contribution in [2.24, 2.45) is 11.7 Å². The number of hydrogen-bond acceptors (Lipinski definition) is 5. The molecule has 0 aliphatic carbocycles. The van der Waals surface area contributed by atoms with Gasteiger partial charge in [-0.1, -0.05) is 28.9 Å². The number of pyridine rings is 1. The van der Waals surface area contributed by atoms with Crippen LogP contribution in [0.4, 0.5) is 0 Å². The third-order valence-electron chi connectivity index (χ3n) is 4.87. The summed E-state index contributed by atoms with van der Waals surface area (Å²) in [6.07, 6.45) is 0.931. The van der Waals surface area contributed by atoms with Gasteiger partial charge < -0.3 is 15.2 Å². The van der Waals surface area contributed by atoms with Gasteiger partial charge in [0.2, 0.25) is 0 Å². The van der Waals surface area contributed by atoms with Gasteiger partial charge in [-0.05, 0) is 44.0 Å². The average molecular weight is 371 g/mol. The monoisotopic (exact) mass is 370 g/mol. The lowest BCUT2D eigenvalue weighted by molar-refractivity contribution is 0.0789. The van der Waals surface area contributed by atoms with E-state index in [0.29, 0.717) is 58.6 Å². The first kappa shape index (κ1) is 17.0. The largest absolute Gasteiger partial charge is 0.338 e. The minimum Gasteiger partial charge on any atom is -0.338 e. The Bertz CT molecular complexity index is 985. The van der Waals surface area contributed by atoms with Gasteiger partial charge in [0.15, 0.2) is 0 Å². The van der Waals surface area contributed by atoms with Crippen LogP contribution in [0.1, 0.15) is 22.5 Å². The number of halogens is 1. The number of benzene rings is 1. The zero-order valence-corrected chi connectivity index (χ0v) is 15.2. The third kappa shape index (κ3) is 2.95. The quantitative estimate of drug-likeness (QED) is 0.764. The summed E-state index contributed by atoms with van der Waals surface area (Å²) in [5.41, 5.74) is 8.79. The van der Waals surface area contributed by atoms with Gasteiger partial charge in [0.25, 0.3) is 11.6 Å². The zero-order chi connectivity index (χ0) is 18.3. The summed E-state index contributed by atoms with van der Waals surface area (Å²) in [6.45, 7) is 3.79. The van der Waals surface area contributed by atoms with Crippen molar-refractivity contribution >= 4 is 28.6 Å². The van der Waals surface area contributed by atoms with Crippen LogP contribution in [0, 0.1) is 12.8 Å². The molecule has 1 atom stereocenters. The van der Waals surface area contributed by atoms with Gasteiger partial charge in [0.05, 0.1) is 22.3 Å². The molecule has 1 aliphatic rings. The molecule has 1 aromatic carbocycles. The Balaban J connectivity index is 1.82. The molecule has 3 heterocycles. The van der Waals surface area contributed by atoms with Gasteiger partial charge >= 0.3 is 0 Å².